The van der Waals surface area contributed by atoms with E-state index < -0.39 is 0 Å². The van der Waals surface area contributed by atoms with Crippen LogP contribution in [0.3, 0.4) is 0 Å². The smallest absolute Gasteiger partial charge is 0.157 e. The van der Waals surface area contributed by atoms with Crippen molar-refractivity contribution in [1.82, 2.24) is 5.32 Å². The molecule has 2 rings (SSSR count). The standard InChI is InChI=1S/C14H26N2S/c1-10-9-17-14(15-11(10)2)16-12(3)13-7-5-4-6-8-13/h10-13H,4-9H2,1-3H3,(H,15,16). The van der Waals surface area contributed by atoms with E-state index in [1.807, 2.05) is 11.8 Å². The van der Waals surface area contributed by atoms with Gasteiger partial charge in [-0.05, 0) is 38.5 Å². The lowest BCUT2D eigenvalue weighted by Crippen LogP contribution is -2.40. The van der Waals surface area contributed by atoms with E-state index in [1.54, 1.807) is 0 Å². The lowest BCUT2D eigenvalue weighted by molar-refractivity contribution is 0.302. The summed E-state index contributed by atoms with van der Waals surface area (Å²) in [7, 11) is 0. The van der Waals surface area contributed by atoms with Gasteiger partial charge in [0, 0.05) is 11.8 Å². The van der Waals surface area contributed by atoms with Gasteiger partial charge < -0.3 is 5.32 Å². The first kappa shape index (κ1) is 13.3. The summed E-state index contributed by atoms with van der Waals surface area (Å²) in [6, 6.07) is 1.08. The average molecular weight is 254 g/mol. The summed E-state index contributed by atoms with van der Waals surface area (Å²) in [5, 5.41) is 4.84. The van der Waals surface area contributed by atoms with Crippen LogP contribution in [0.4, 0.5) is 0 Å². The maximum atomic E-state index is 4.77. The minimum atomic E-state index is 0.484. The van der Waals surface area contributed by atoms with Gasteiger partial charge in [0.25, 0.3) is 0 Å². The van der Waals surface area contributed by atoms with Crippen LogP contribution in [0.15, 0.2) is 4.99 Å². The molecule has 0 saturated heterocycles. The first-order valence-corrected chi connectivity index (χ1v) is 8.12. The zero-order valence-electron chi connectivity index (χ0n) is 11.4. The van der Waals surface area contributed by atoms with Gasteiger partial charge >= 0.3 is 0 Å². The zero-order valence-corrected chi connectivity index (χ0v) is 12.2. The number of aliphatic imine (C=N–C) groups is 1. The van der Waals surface area contributed by atoms with Crippen LogP contribution in [-0.2, 0) is 0 Å². The molecule has 0 amide bonds. The summed E-state index contributed by atoms with van der Waals surface area (Å²) in [6.07, 6.45) is 7.08. The van der Waals surface area contributed by atoms with Gasteiger partial charge in [-0.25, -0.2) is 0 Å². The molecule has 17 heavy (non-hydrogen) atoms. The molecule has 3 atom stereocenters. The number of thioether (sulfide) groups is 1. The molecule has 0 bridgehead atoms. The third-order valence-electron chi connectivity index (χ3n) is 4.34. The molecular weight excluding hydrogens is 228 g/mol. The predicted molar refractivity (Wildman–Crippen MR) is 77.7 cm³/mol. The van der Waals surface area contributed by atoms with Crippen molar-refractivity contribution in [3.8, 4) is 0 Å². The molecular formula is C14H26N2S. The highest BCUT2D eigenvalue weighted by atomic mass is 32.2. The van der Waals surface area contributed by atoms with E-state index in [4.69, 9.17) is 4.99 Å². The van der Waals surface area contributed by atoms with Crippen LogP contribution in [0.2, 0.25) is 0 Å². The van der Waals surface area contributed by atoms with Crippen molar-refractivity contribution in [2.24, 2.45) is 16.8 Å². The Hall–Kier alpha value is -0.180. The Morgan fingerprint density at radius 2 is 1.94 bits per heavy atom. The van der Waals surface area contributed by atoms with Crippen molar-refractivity contribution in [2.75, 3.05) is 5.75 Å². The Bertz CT molecular complexity index is 271. The summed E-state index contributed by atoms with van der Waals surface area (Å²) >= 11 is 1.91. The van der Waals surface area contributed by atoms with Gasteiger partial charge in [0.2, 0.25) is 0 Å². The van der Waals surface area contributed by atoms with Gasteiger partial charge in [-0.1, -0.05) is 37.9 Å². The highest BCUT2D eigenvalue weighted by Crippen LogP contribution is 2.28. The van der Waals surface area contributed by atoms with Crippen molar-refractivity contribution in [3.63, 3.8) is 0 Å². The van der Waals surface area contributed by atoms with E-state index in [9.17, 15) is 0 Å². The van der Waals surface area contributed by atoms with E-state index in [1.165, 1.54) is 43.0 Å². The van der Waals surface area contributed by atoms with Crippen LogP contribution in [0, 0.1) is 11.8 Å². The lowest BCUT2D eigenvalue weighted by atomic mass is 9.85. The first-order valence-electron chi connectivity index (χ1n) is 7.14. The van der Waals surface area contributed by atoms with Crippen LogP contribution in [-0.4, -0.2) is 23.0 Å². The second kappa shape index (κ2) is 6.12. The second-order valence-electron chi connectivity index (χ2n) is 5.79. The van der Waals surface area contributed by atoms with Crippen molar-refractivity contribution in [3.05, 3.63) is 0 Å². The van der Waals surface area contributed by atoms with Gasteiger partial charge in [-0.2, -0.15) is 0 Å². The fraction of sp³-hybridized carbons (Fsp3) is 0.929. The molecule has 0 aromatic rings. The molecule has 0 aromatic carbocycles. The third-order valence-corrected chi connectivity index (χ3v) is 5.52. The molecule has 3 heteroatoms. The second-order valence-corrected chi connectivity index (χ2v) is 6.80. The summed E-state index contributed by atoms with van der Waals surface area (Å²) in [6.45, 7) is 6.86. The van der Waals surface area contributed by atoms with Crippen LogP contribution in [0.5, 0.6) is 0 Å². The van der Waals surface area contributed by atoms with Crippen LogP contribution >= 0.6 is 11.8 Å². The number of rotatable bonds is 2. The van der Waals surface area contributed by atoms with Gasteiger partial charge in [0.15, 0.2) is 5.17 Å². The van der Waals surface area contributed by atoms with Crippen molar-refractivity contribution < 1.29 is 0 Å². The van der Waals surface area contributed by atoms with Crippen molar-refractivity contribution in [1.29, 1.82) is 0 Å². The van der Waals surface area contributed by atoms with Crippen LogP contribution in [0.1, 0.15) is 52.9 Å². The van der Waals surface area contributed by atoms with E-state index in [0.29, 0.717) is 12.1 Å². The van der Waals surface area contributed by atoms with Crippen molar-refractivity contribution >= 4 is 16.9 Å². The molecule has 3 unspecified atom stereocenters. The Kier molecular flexibility index (Phi) is 4.78. The van der Waals surface area contributed by atoms with Crippen LogP contribution in [0.25, 0.3) is 0 Å². The Balaban J connectivity index is 1.85. The summed E-state index contributed by atoms with van der Waals surface area (Å²) < 4.78 is 0. The van der Waals surface area contributed by atoms with E-state index >= 15 is 0 Å². The number of hydrogen-bond donors (Lipinski definition) is 1. The molecule has 1 aliphatic heterocycles. The lowest BCUT2D eigenvalue weighted by Gasteiger charge is -2.31. The minimum Gasteiger partial charge on any atom is -0.362 e. The van der Waals surface area contributed by atoms with Gasteiger partial charge in [0.1, 0.15) is 0 Å². The molecule has 1 aliphatic carbocycles. The van der Waals surface area contributed by atoms with Gasteiger partial charge in [-0.15, -0.1) is 0 Å². The topological polar surface area (TPSA) is 24.4 Å². The van der Waals surface area contributed by atoms with Crippen molar-refractivity contribution in [2.45, 2.75) is 65.0 Å². The number of amidine groups is 1. The minimum absolute atomic E-state index is 0.484. The molecule has 1 heterocycles. The monoisotopic (exact) mass is 254 g/mol. The molecule has 98 valence electrons. The third kappa shape index (κ3) is 3.64. The SMILES string of the molecule is CC1CSC(NC(C)C2CCCCC2)=NC1C. The van der Waals surface area contributed by atoms with Crippen LogP contribution < -0.4 is 5.32 Å². The van der Waals surface area contributed by atoms with Gasteiger partial charge in [0.05, 0.1) is 6.04 Å². The molecule has 2 nitrogen and oxygen atoms in total. The quantitative estimate of drug-likeness (QED) is 0.813. The first-order chi connectivity index (χ1) is 8.16. The maximum Gasteiger partial charge on any atom is 0.157 e. The molecule has 1 N–H and O–H groups in total. The zero-order chi connectivity index (χ0) is 12.3. The van der Waals surface area contributed by atoms with E-state index in [0.717, 1.165) is 11.8 Å². The summed E-state index contributed by atoms with van der Waals surface area (Å²) in [5.41, 5.74) is 0. The fourth-order valence-electron chi connectivity index (χ4n) is 2.72. The normalized spacial score (nSPS) is 33.0. The molecule has 1 saturated carbocycles. The predicted octanol–water partition coefficient (Wildman–Crippen LogP) is 3.67. The number of nitrogens with one attached hydrogen (secondary N) is 1. The van der Waals surface area contributed by atoms with Gasteiger partial charge in [-0.3, -0.25) is 4.99 Å². The highest BCUT2D eigenvalue weighted by Gasteiger charge is 2.24. The Labute approximate surface area is 110 Å². The maximum absolute atomic E-state index is 4.77. The largest absolute Gasteiger partial charge is 0.362 e. The van der Waals surface area contributed by atoms with E-state index in [-0.39, 0.29) is 0 Å². The number of hydrogen-bond acceptors (Lipinski definition) is 3. The fourth-order valence-corrected chi connectivity index (χ4v) is 3.93. The molecule has 0 radical (unpaired) electrons. The molecule has 1 fully saturated rings. The number of nitrogens with zero attached hydrogens (tertiary/aromatic N) is 1. The summed E-state index contributed by atoms with van der Waals surface area (Å²) in [5.74, 6) is 2.79. The van der Waals surface area contributed by atoms with E-state index in [2.05, 4.69) is 26.1 Å². The summed E-state index contributed by atoms with van der Waals surface area (Å²) in [4.78, 5) is 4.77. The Morgan fingerprint density at radius 3 is 2.59 bits per heavy atom. The molecule has 0 spiro atoms. The molecule has 2 aliphatic rings. The highest BCUT2D eigenvalue weighted by molar-refractivity contribution is 8.13. The molecule has 0 aromatic heterocycles. The average Bonchev–Trinajstić information content (AvgIpc) is 2.35. The Morgan fingerprint density at radius 1 is 1.24 bits per heavy atom.